The molecule has 0 atom stereocenters. The van der Waals surface area contributed by atoms with Crippen LogP contribution in [0.2, 0.25) is 0 Å². The van der Waals surface area contributed by atoms with Crippen LogP contribution in [0.5, 0.6) is 0 Å². The quantitative estimate of drug-likeness (QED) is 0.608. The molecule has 0 saturated carbocycles. The number of likely N-dealkylation sites (N-methyl/N-ethyl adjacent to an activating group) is 1. The highest BCUT2D eigenvalue weighted by Crippen LogP contribution is 2.11. The van der Waals surface area contributed by atoms with Gasteiger partial charge in [0.25, 0.3) is 11.8 Å². The van der Waals surface area contributed by atoms with Gasteiger partial charge in [0.2, 0.25) is 0 Å². The van der Waals surface area contributed by atoms with Gasteiger partial charge in [-0.15, -0.1) is 24.8 Å². The normalized spacial score (nSPS) is 9.74. The van der Waals surface area contributed by atoms with Gasteiger partial charge >= 0.3 is 0 Å². The van der Waals surface area contributed by atoms with Crippen LogP contribution in [0.3, 0.4) is 0 Å². The van der Waals surface area contributed by atoms with Crippen molar-refractivity contribution in [3.05, 3.63) is 65.2 Å². The molecule has 0 bridgehead atoms. The summed E-state index contributed by atoms with van der Waals surface area (Å²) in [7, 11) is 3.91. The Morgan fingerprint density at radius 3 is 2.15 bits per heavy atom. The lowest BCUT2D eigenvalue weighted by atomic mass is 10.1. The highest BCUT2D eigenvalue weighted by molar-refractivity contribution is 5.99. The molecule has 6 nitrogen and oxygen atoms in total. The SMILES string of the molecule is CN(C)CCNC(=O)c1ccc(CNC(=O)c2ccccc2N)cc1.Cl.Cl. The molecule has 0 spiro atoms. The van der Waals surface area contributed by atoms with Gasteiger partial charge in [-0.25, -0.2) is 0 Å². The number of rotatable bonds is 7. The first-order valence-corrected chi connectivity index (χ1v) is 8.12. The second kappa shape index (κ2) is 12.2. The van der Waals surface area contributed by atoms with Crippen LogP contribution >= 0.6 is 24.8 Å². The van der Waals surface area contributed by atoms with Gasteiger partial charge in [-0.1, -0.05) is 24.3 Å². The van der Waals surface area contributed by atoms with Crippen molar-refractivity contribution in [2.75, 3.05) is 32.9 Å². The first-order chi connectivity index (χ1) is 12.0. The number of nitrogens with one attached hydrogen (secondary N) is 2. The fourth-order valence-corrected chi connectivity index (χ4v) is 2.25. The number of carbonyl (C=O) groups is 2. The van der Waals surface area contributed by atoms with Gasteiger partial charge in [-0.3, -0.25) is 9.59 Å². The number of benzene rings is 2. The first-order valence-electron chi connectivity index (χ1n) is 8.12. The highest BCUT2D eigenvalue weighted by atomic mass is 35.5. The number of anilines is 1. The zero-order valence-electron chi connectivity index (χ0n) is 15.4. The van der Waals surface area contributed by atoms with Crippen molar-refractivity contribution in [3.63, 3.8) is 0 Å². The van der Waals surface area contributed by atoms with Gasteiger partial charge < -0.3 is 21.3 Å². The molecular weight excluding hydrogens is 387 g/mol. The zero-order chi connectivity index (χ0) is 18.2. The Morgan fingerprint density at radius 2 is 1.56 bits per heavy atom. The van der Waals surface area contributed by atoms with E-state index in [2.05, 4.69) is 10.6 Å². The molecular formula is C19H26Cl2N4O2. The average molecular weight is 413 g/mol. The van der Waals surface area contributed by atoms with Crippen molar-refractivity contribution < 1.29 is 9.59 Å². The number of nitrogen functional groups attached to an aromatic ring is 1. The summed E-state index contributed by atoms with van der Waals surface area (Å²) in [5.74, 6) is -0.321. The summed E-state index contributed by atoms with van der Waals surface area (Å²) < 4.78 is 0. The molecule has 0 unspecified atom stereocenters. The average Bonchev–Trinajstić information content (AvgIpc) is 2.60. The lowest BCUT2D eigenvalue weighted by Crippen LogP contribution is -2.31. The van der Waals surface area contributed by atoms with Gasteiger partial charge in [0.05, 0.1) is 5.56 Å². The third kappa shape index (κ3) is 7.86. The summed E-state index contributed by atoms with van der Waals surface area (Å²) in [5.41, 5.74) is 8.21. The third-order valence-electron chi connectivity index (χ3n) is 3.72. The van der Waals surface area contributed by atoms with E-state index < -0.39 is 0 Å². The van der Waals surface area contributed by atoms with E-state index >= 15 is 0 Å². The lowest BCUT2D eigenvalue weighted by Gasteiger charge is -2.11. The molecule has 148 valence electrons. The number of para-hydroxylation sites is 1. The Kier molecular flexibility index (Phi) is 11.1. The number of hydrogen-bond acceptors (Lipinski definition) is 4. The van der Waals surface area contributed by atoms with Crippen LogP contribution in [0.15, 0.2) is 48.5 Å². The molecule has 0 aromatic heterocycles. The van der Waals surface area contributed by atoms with Crippen molar-refractivity contribution in [2.45, 2.75) is 6.54 Å². The monoisotopic (exact) mass is 412 g/mol. The molecule has 0 heterocycles. The number of carbonyl (C=O) groups excluding carboxylic acids is 2. The molecule has 0 aliphatic rings. The molecule has 0 fully saturated rings. The minimum absolute atomic E-state index is 0. The standard InChI is InChI=1S/C19H24N4O2.2ClH/c1-23(2)12-11-21-18(24)15-9-7-14(8-10-15)13-22-19(25)16-5-3-4-6-17(16)20;;/h3-10H,11-13,20H2,1-2H3,(H,21,24)(H,22,25);2*1H. The van der Waals surface area contributed by atoms with E-state index in [9.17, 15) is 9.59 Å². The molecule has 2 rings (SSSR count). The highest BCUT2D eigenvalue weighted by Gasteiger charge is 2.09. The van der Waals surface area contributed by atoms with Crippen LogP contribution in [-0.2, 0) is 6.54 Å². The molecule has 0 aliphatic carbocycles. The summed E-state index contributed by atoms with van der Waals surface area (Å²) in [6.45, 7) is 1.76. The Morgan fingerprint density at radius 1 is 0.926 bits per heavy atom. The Balaban J connectivity index is 0.00000338. The smallest absolute Gasteiger partial charge is 0.253 e. The number of hydrogen-bond donors (Lipinski definition) is 3. The second-order valence-electron chi connectivity index (χ2n) is 6.03. The van der Waals surface area contributed by atoms with Gasteiger partial charge in [0, 0.05) is 30.9 Å². The summed E-state index contributed by atoms with van der Waals surface area (Å²) in [5, 5.41) is 5.69. The number of amides is 2. The van der Waals surface area contributed by atoms with Crippen molar-refractivity contribution in [1.29, 1.82) is 0 Å². The Labute approximate surface area is 172 Å². The predicted octanol–water partition coefficient (Wildman–Crippen LogP) is 2.33. The predicted molar refractivity (Wildman–Crippen MR) is 114 cm³/mol. The van der Waals surface area contributed by atoms with Gasteiger partial charge in [0.1, 0.15) is 0 Å². The van der Waals surface area contributed by atoms with Crippen LogP contribution in [0.4, 0.5) is 5.69 Å². The number of nitrogens with zero attached hydrogens (tertiary/aromatic N) is 1. The molecule has 0 aliphatic heterocycles. The van der Waals surface area contributed by atoms with Crippen molar-refractivity contribution in [1.82, 2.24) is 15.5 Å². The summed E-state index contributed by atoms with van der Waals surface area (Å²) in [6, 6.07) is 14.1. The molecule has 4 N–H and O–H groups in total. The molecule has 8 heteroatoms. The minimum Gasteiger partial charge on any atom is -0.398 e. The summed E-state index contributed by atoms with van der Waals surface area (Å²) >= 11 is 0. The fourth-order valence-electron chi connectivity index (χ4n) is 2.25. The van der Waals surface area contributed by atoms with Crippen LogP contribution in [0.25, 0.3) is 0 Å². The molecule has 0 saturated heterocycles. The van der Waals surface area contributed by atoms with Gasteiger partial charge in [-0.2, -0.15) is 0 Å². The first kappa shape index (κ1) is 24.7. The van der Waals surface area contributed by atoms with E-state index in [1.165, 1.54) is 0 Å². The van der Waals surface area contributed by atoms with Crippen LogP contribution in [-0.4, -0.2) is 43.9 Å². The summed E-state index contributed by atoms with van der Waals surface area (Å²) in [4.78, 5) is 26.1. The maximum atomic E-state index is 12.1. The largest absolute Gasteiger partial charge is 0.398 e. The topological polar surface area (TPSA) is 87.5 Å². The van der Waals surface area contributed by atoms with E-state index in [1.807, 2.05) is 31.1 Å². The number of halogens is 2. The van der Waals surface area contributed by atoms with E-state index in [1.54, 1.807) is 36.4 Å². The maximum Gasteiger partial charge on any atom is 0.253 e. The van der Waals surface area contributed by atoms with Gasteiger partial charge in [0.15, 0.2) is 0 Å². The Hall–Kier alpha value is -2.28. The molecule has 27 heavy (non-hydrogen) atoms. The van der Waals surface area contributed by atoms with Crippen LogP contribution in [0, 0.1) is 0 Å². The number of nitrogens with two attached hydrogens (primary N) is 1. The molecule has 2 amide bonds. The maximum absolute atomic E-state index is 12.1. The van der Waals surface area contributed by atoms with E-state index in [0.717, 1.165) is 12.1 Å². The van der Waals surface area contributed by atoms with Crippen molar-refractivity contribution in [2.24, 2.45) is 0 Å². The summed E-state index contributed by atoms with van der Waals surface area (Å²) in [6.07, 6.45) is 0. The molecule has 2 aromatic carbocycles. The fraction of sp³-hybridized carbons (Fsp3) is 0.263. The van der Waals surface area contributed by atoms with Gasteiger partial charge in [-0.05, 0) is 43.9 Å². The van der Waals surface area contributed by atoms with E-state index in [4.69, 9.17) is 5.73 Å². The van der Waals surface area contributed by atoms with Crippen LogP contribution in [0.1, 0.15) is 26.3 Å². The zero-order valence-corrected chi connectivity index (χ0v) is 17.0. The van der Waals surface area contributed by atoms with Crippen molar-refractivity contribution >= 4 is 42.3 Å². The molecule has 0 radical (unpaired) electrons. The van der Waals surface area contributed by atoms with Crippen LogP contribution < -0.4 is 16.4 Å². The molecule has 2 aromatic rings. The lowest BCUT2D eigenvalue weighted by molar-refractivity contribution is 0.0942. The minimum atomic E-state index is -0.219. The van der Waals surface area contributed by atoms with E-state index in [-0.39, 0.29) is 36.6 Å². The van der Waals surface area contributed by atoms with E-state index in [0.29, 0.717) is 29.9 Å². The third-order valence-corrected chi connectivity index (χ3v) is 3.72. The van der Waals surface area contributed by atoms with Crippen molar-refractivity contribution in [3.8, 4) is 0 Å². The second-order valence-corrected chi connectivity index (χ2v) is 6.03. The Bertz CT molecular complexity index is 737.